The Balaban J connectivity index is 1.66. The molecule has 4 saturated carbocycles. The van der Waals surface area contributed by atoms with Crippen molar-refractivity contribution >= 4 is 0 Å². The van der Waals surface area contributed by atoms with Gasteiger partial charge >= 0.3 is 0 Å². The third-order valence-corrected chi connectivity index (χ3v) is 12.4. The maximum atomic E-state index is 11.8. The summed E-state index contributed by atoms with van der Waals surface area (Å²) in [6.07, 6.45) is 10.6. The van der Waals surface area contributed by atoms with Crippen LogP contribution in [0, 0.1) is 45.3 Å². The fourth-order valence-electron chi connectivity index (χ4n) is 10.3. The largest absolute Gasteiger partial charge is 0.393 e. The quantitative estimate of drug-likeness (QED) is 0.420. The Hall–Kier alpha value is -0.380. The molecule has 0 radical (unpaired) electrons. The average Bonchev–Trinajstić information content (AvgIpc) is 3.08. The summed E-state index contributed by atoms with van der Waals surface area (Å²) in [7, 11) is 0. The van der Waals surface area contributed by atoms with Crippen LogP contribution in [0.5, 0.6) is 0 Å². The van der Waals surface area contributed by atoms with Crippen LogP contribution < -0.4 is 0 Å². The van der Waals surface area contributed by atoms with Gasteiger partial charge in [0.15, 0.2) is 0 Å². The first-order valence-electron chi connectivity index (χ1n) is 13.8. The summed E-state index contributed by atoms with van der Waals surface area (Å²) in [6, 6.07) is 0. The fourth-order valence-corrected chi connectivity index (χ4v) is 10.3. The van der Waals surface area contributed by atoms with Crippen molar-refractivity contribution in [2.45, 2.75) is 131 Å². The van der Waals surface area contributed by atoms with Crippen LogP contribution in [0.2, 0.25) is 0 Å². The lowest BCUT2D eigenvalue weighted by atomic mass is 9.35. The molecule has 0 aromatic rings. The molecule has 0 aliphatic heterocycles. The van der Waals surface area contributed by atoms with E-state index < -0.39 is 5.60 Å². The van der Waals surface area contributed by atoms with E-state index in [0.717, 1.165) is 44.9 Å². The molecule has 3 heteroatoms. The van der Waals surface area contributed by atoms with Gasteiger partial charge in [-0.1, -0.05) is 46.3 Å². The van der Waals surface area contributed by atoms with Crippen LogP contribution in [-0.4, -0.2) is 33.1 Å². The topological polar surface area (TPSA) is 60.7 Å². The second-order valence-corrected chi connectivity index (χ2v) is 14.5. The highest BCUT2D eigenvalue weighted by atomic mass is 16.3. The molecule has 0 unspecified atom stereocenters. The van der Waals surface area contributed by atoms with Crippen LogP contribution in [0.3, 0.4) is 0 Å². The molecule has 4 fully saturated rings. The molecule has 3 nitrogen and oxygen atoms in total. The van der Waals surface area contributed by atoms with Crippen molar-refractivity contribution in [2.24, 2.45) is 45.3 Å². The summed E-state index contributed by atoms with van der Waals surface area (Å²) >= 11 is 0. The summed E-state index contributed by atoms with van der Waals surface area (Å²) in [6.45, 7) is 18.3. The molecule has 0 saturated heterocycles. The Kier molecular flexibility index (Phi) is 6.28. The zero-order chi connectivity index (χ0) is 24.6. The average molecular weight is 461 g/mol. The predicted molar refractivity (Wildman–Crippen MR) is 136 cm³/mol. The lowest BCUT2D eigenvalue weighted by Gasteiger charge is -2.70. The molecule has 4 rings (SSSR count). The third kappa shape index (κ3) is 3.61. The molecular weight excluding hydrogens is 408 g/mol. The lowest BCUT2D eigenvalue weighted by Crippen LogP contribution is -2.66. The maximum absolute atomic E-state index is 11.8. The van der Waals surface area contributed by atoms with Gasteiger partial charge in [0.1, 0.15) is 0 Å². The maximum Gasteiger partial charge on any atom is 0.0654 e. The Morgan fingerprint density at radius 1 is 0.909 bits per heavy atom. The first-order chi connectivity index (χ1) is 15.1. The van der Waals surface area contributed by atoms with E-state index in [4.69, 9.17) is 0 Å². The molecule has 0 amide bonds. The number of fused-ring (bicyclic) bond motifs is 5. The SMILES string of the molecule is CC(C)=CCC[C@](C)(O)[C@H]1CC[C@]2(C)[C@H]1[C@H](O)C[C@@H]1[C@@]3(C)CC[C@H](O)C(C)(C)[C@@H]3CC[C@]12C. The highest BCUT2D eigenvalue weighted by molar-refractivity contribution is 5.20. The molecule has 0 spiro atoms. The molecule has 10 atom stereocenters. The zero-order valence-electron chi connectivity index (χ0n) is 22.7. The van der Waals surface area contributed by atoms with Gasteiger partial charge in [0.05, 0.1) is 17.8 Å². The number of allylic oxidation sites excluding steroid dienone is 2. The van der Waals surface area contributed by atoms with E-state index >= 15 is 0 Å². The molecular formula is C30H52O3. The van der Waals surface area contributed by atoms with E-state index in [1.54, 1.807) is 0 Å². The van der Waals surface area contributed by atoms with Crippen LogP contribution >= 0.6 is 0 Å². The van der Waals surface area contributed by atoms with Gasteiger partial charge in [-0.15, -0.1) is 0 Å². The van der Waals surface area contributed by atoms with E-state index in [1.165, 1.54) is 18.4 Å². The minimum absolute atomic E-state index is 0.0503. The number of hydrogen-bond donors (Lipinski definition) is 3. The molecule has 4 aliphatic rings. The monoisotopic (exact) mass is 460 g/mol. The number of hydrogen-bond acceptors (Lipinski definition) is 3. The van der Waals surface area contributed by atoms with Crippen molar-refractivity contribution < 1.29 is 15.3 Å². The summed E-state index contributed by atoms with van der Waals surface area (Å²) in [5.74, 6) is 1.31. The highest BCUT2D eigenvalue weighted by Crippen LogP contribution is 2.75. The standard InChI is InChI=1S/C30H52O3/c1-19(2)10-9-14-30(8,33)20-11-16-29(7)25(20)21(31)18-23-27(5)15-13-24(32)26(3,4)22(27)12-17-28(23,29)6/h10,20-25,31-33H,9,11-18H2,1-8H3/t20-,21+,22-,23+,24-,25+,27-,28+,29+,30-/m0/s1. The minimum atomic E-state index is -0.739. The first kappa shape index (κ1) is 25.7. The van der Waals surface area contributed by atoms with Gasteiger partial charge in [-0.25, -0.2) is 0 Å². The summed E-state index contributed by atoms with van der Waals surface area (Å²) in [4.78, 5) is 0. The second-order valence-electron chi connectivity index (χ2n) is 14.5. The Bertz CT molecular complexity index is 779. The van der Waals surface area contributed by atoms with Crippen LogP contribution in [0.4, 0.5) is 0 Å². The molecule has 4 aliphatic carbocycles. The second kappa shape index (κ2) is 8.07. The van der Waals surface area contributed by atoms with E-state index in [1.807, 2.05) is 6.92 Å². The van der Waals surface area contributed by atoms with Crippen molar-refractivity contribution in [3.63, 3.8) is 0 Å². The minimum Gasteiger partial charge on any atom is -0.393 e. The number of rotatable bonds is 4. The van der Waals surface area contributed by atoms with Crippen LogP contribution in [0.15, 0.2) is 11.6 Å². The molecule has 3 N–H and O–H groups in total. The molecule has 0 aromatic carbocycles. The molecule has 0 heterocycles. The Morgan fingerprint density at radius 3 is 2.18 bits per heavy atom. The first-order valence-corrected chi connectivity index (χ1v) is 13.8. The van der Waals surface area contributed by atoms with E-state index in [0.29, 0.717) is 11.8 Å². The van der Waals surface area contributed by atoms with Gasteiger partial charge in [0.2, 0.25) is 0 Å². The van der Waals surface area contributed by atoms with Gasteiger partial charge in [-0.3, -0.25) is 0 Å². The molecule has 0 aromatic heterocycles. The van der Waals surface area contributed by atoms with Gasteiger partial charge in [-0.05, 0) is 124 Å². The normalized spacial score (nSPS) is 50.5. The van der Waals surface area contributed by atoms with Crippen LogP contribution in [-0.2, 0) is 0 Å². The van der Waals surface area contributed by atoms with Crippen LogP contribution in [0.25, 0.3) is 0 Å². The molecule has 0 bridgehead atoms. The zero-order valence-corrected chi connectivity index (χ0v) is 22.7. The number of aliphatic hydroxyl groups is 3. The Labute approximate surface area is 203 Å². The third-order valence-electron chi connectivity index (χ3n) is 12.4. The lowest BCUT2D eigenvalue weighted by molar-refractivity contribution is -0.246. The smallest absolute Gasteiger partial charge is 0.0654 e. The van der Waals surface area contributed by atoms with E-state index in [9.17, 15) is 15.3 Å². The van der Waals surface area contributed by atoms with Crippen LogP contribution in [0.1, 0.15) is 113 Å². The number of aliphatic hydroxyl groups excluding tert-OH is 2. The van der Waals surface area contributed by atoms with Crippen molar-refractivity contribution in [1.82, 2.24) is 0 Å². The van der Waals surface area contributed by atoms with Gasteiger partial charge in [0, 0.05) is 0 Å². The van der Waals surface area contributed by atoms with Gasteiger partial charge in [-0.2, -0.15) is 0 Å². The van der Waals surface area contributed by atoms with Crippen molar-refractivity contribution in [2.75, 3.05) is 0 Å². The van der Waals surface area contributed by atoms with Crippen molar-refractivity contribution in [3.05, 3.63) is 11.6 Å². The summed E-state index contributed by atoms with van der Waals surface area (Å²) in [5, 5.41) is 34.3. The van der Waals surface area contributed by atoms with E-state index in [-0.39, 0.29) is 45.7 Å². The Morgan fingerprint density at radius 2 is 1.55 bits per heavy atom. The van der Waals surface area contributed by atoms with E-state index in [2.05, 4.69) is 54.5 Å². The predicted octanol–water partition coefficient (Wildman–Crippen LogP) is 6.50. The van der Waals surface area contributed by atoms with Crippen molar-refractivity contribution in [1.29, 1.82) is 0 Å². The molecule has 33 heavy (non-hydrogen) atoms. The van der Waals surface area contributed by atoms with Gasteiger partial charge < -0.3 is 15.3 Å². The summed E-state index contributed by atoms with van der Waals surface area (Å²) < 4.78 is 0. The fraction of sp³-hybridized carbons (Fsp3) is 0.933. The highest BCUT2D eigenvalue weighted by Gasteiger charge is 2.71. The molecule has 190 valence electrons. The van der Waals surface area contributed by atoms with Gasteiger partial charge in [0.25, 0.3) is 0 Å². The van der Waals surface area contributed by atoms with Crippen molar-refractivity contribution in [3.8, 4) is 0 Å². The summed E-state index contributed by atoms with van der Waals surface area (Å²) in [5.41, 5.74) is 0.885.